The number of aromatic nitrogens is 1. The summed E-state index contributed by atoms with van der Waals surface area (Å²) in [6.07, 6.45) is -2.60. The van der Waals surface area contributed by atoms with Crippen LogP contribution in [0.3, 0.4) is 0 Å². The van der Waals surface area contributed by atoms with Gasteiger partial charge in [0.25, 0.3) is 0 Å². The van der Waals surface area contributed by atoms with Crippen LogP contribution in [-0.2, 0) is 9.53 Å². The molecule has 0 aliphatic carbocycles. The molecule has 0 unspecified atom stereocenters. The Morgan fingerprint density at radius 2 is 2.21 bits per heavy atom. The van der Waals surface area contributed by atoms with Gasteiger partial charge in [-0.1, -0.05) is 11.3 Å². The van der Waals surface area contributed by atoms with Crippen LogP contribution in [0.1, 0.15) is 12.1 Å². The molecule has 4 nitrogen and oxygen atoms in total. The minimum absolute atomic E-state index is 0.136. The van der Waals surface area contributed by atoms with E-state index in [4.69, 9.17) is 0 Å². The molecule has 1 rings (SSSR count). The number of thioether (sulfide) groups is 1. The van der Waals surface area contributed by atoms with Gasteiger partial charge in [-0.25, -0.2) is 4.98 Å². The summed E-state index contributed by atoms with van der Waals surface area (Å²) in [5.41, 5.74) is 0.820. The van der Waals surface area contributed by atoms with E-state index < -0.39 is 18.7 Å². The van der Waals surface area contributed by atoms with Crippen LogP contribution in [0.15, 0.2) is 4.21 Å². The molecule has 1 aromatic heterocycles. The third-order valence-electron chi connectivity index (χ3n) is 1.92. The zero-order valence-corrected chi connectivity index (χ0v) is 12.0. The third-order valence-corrected chi connectivity index (χ3v) is 4.21. The Hall–Kier alpha value is -0.800. The molecule has 0 aliphatic rings. The smallest absolute Gasteiger partial charge is 0.372 e. The number of halogens is 3. The summed E-state index contributed by atoms with van der Waals surface area (Å²) in [4.78, 5) is 15.6. The Morgan fingerprint density at radius 3 is 2.74 bits per heavy atom. The van der Waals surface area contributed by atoms with Gasteiger partial charge in [0.1, 0.15) is 6.61 Å². The molecule has 1 heterocycles. The molecule has 0 spiro atoms. The lowest BCUT2D eigenvalue weighted by molar-refractivity contribution is -0.174. The normalized spacial score (nSPS) is 11.6. The van der Waals surface area contributed by atoms with Crippen molar-refractivity contribution in [2.45, 2.75) is 23.7 Å². The summed E-state index contributed by atoms with van der Waals surface area (Å²) in [6.45, 7) is 0.211. The average Bonchev–Trinajstić information content (AvgIpc) is 2.63. The first-order valence-electron chi connectivity index (χ1n) is 5.27. The number of aryl methyl sites for hydroxylation is 1. The summed E-state index contributed by atoms with van der Waals surface area (Å²) in [6, 6.07) is 0. The lowest BCUT2D eigenvalue weighted by atomic mass is 10.4. The number of carbonyl (C=O) groups is 1. The van der Waals surface area contributed by atoms with Gasteiger partial charge in [-0.05, 0) is 13.2 Å². The lowest BCUT2D eigenvalue weighted by Crippen LogP contribution is -2.20. The van der Waals surface area contributed by atoms with E-state index in [0.29, 0.717) is 5.13 Å². The van der Waals surface area contributed by atoms with Gasteiger partial charge in [0.15, 0.2) is 5.13 Å². The first-order chi connectivity index (χ1) is 8.81. The molecule has 1 N–H and O–H groups in total. The number of thiazole rings is 1. The molecular formula is C10H13F3N2O2S2. The van der Waals surface area contributed by atoms with Crippen LogP contribution in [0, 0.1) is 6.92 Å². The summed E-state index contributed by atoms with van der Waals surface area (Å²) >= 11 is 2.85. The fourth-order valence-electron chi connectivity index (χ4n) is 1.16. The molecule has 1 amide bonds. The third kappa shape index (κ3) is 6.26. The second-order valence-electron chi connectivity index (χ2n) is 3.56. The maximum absolute atomic E-state index is 11.8. The Kier molecular flexibility index (Phi) is 6.08. The van der Waals surface area contributed by atoms with Crippen molar-refractivity contribution in [1.29, 1.82) is 0 Å². The lowest BCUT2D eigenvalue weighted by Gasteiger charge is -2.07. The van der Waals surface area contributed by atoms with E-state index in [1.165, 1.54) is 23.1 Å². The van der Waals surface area contributed by atoms with Crippen molar-refractivity contribution in [3.8, 4) is 0 Å². The van der Waals surface area contributed by atoms with E-state index in [1.807, 2.05) is 13.2 Å². The number of nitrogens with one attached hydrogen (secondary N) is 1. The van der Waals surface area contributed by atoms with Crippen molar-refractivity contribution >= 4 is 34.1 Å². The van der Waals surface area contributed by atoms with Crippen LogP contribution >= 0.6 is 23.1 Å². The number of alkyl halides is 3. The van der Waals surface area contributed by atoms with E-state index in [2.05, 4.69) is 15.0 Å². The first-order valence-corrected chi connectivity index (χ1v) is 7.31. The highest BCUT2D eigenvalue weighted by molar-refractivity contribution is 8.00. The van der Waals surface area contributed by atoms with E-state index in [1.54, 1.807) is 0 Å². The molecule has 0 bridgehead atoms. The van der Waals surface area contributed by atoms with Crippen LogP contribution in [0.2, 0.25) is 0 Å². The summed E-state index contributed by atoms with van der Waals surface area (Å²) < 4.78 is 40.7. The van der Waals surface area contributed by atoms with E-state index >= 15 is 0 Å². The van der Waals surface area contributed by atoms with Gasteiger partial charge >= 0.3 is 6.18 Å². The van der Waals surface area contributed by atoms with Crippen LogP contribution in [0.4, 0.5) is 18.3 Å². The van der Waals surface area contributed by atoms with Crippen molar-refractivity contribution in [2.24, 2.45) is 0 Å². The standard InChI is InChI=1S/C10H13F3N2O2S2/c1-6-8(18-2)19-9(14-6)15-7(16)3-4-17-5-10(11,12)13/h3-5H2,1-2H3,(H,14,15,16). The summed E-state index contributed by atoms with van der Waals surface area (Å²) in [5, 5.41) is 2.98. The summed E-state index contributed by atoms with van der Waals surface area (Å²) in [7, 11) is 0. The Morgan fingerprint density at radius 1 is 1.53 bits per heavy atom. The van der Waals surface area contributed by atoms with Gasteiger partial charge < -0.3 is 10.1 Å². The van der Waals surface area contributed by atoms with Crippen molar-refractivity contribution in [3.05, 3.63) is 5.69 Å². The number of hydrogen-bond donors (Lipinski definition) is 1. The molecule has 108 valence electrons. The first kappa shape index (κ1) is 16.3. The molecule has 0 aliphatic heterocycles. The zero-order chi connectivity index (χ0) is 14.5. The van der Waals surface area contributed by atoms with Crippen LogP contribution < -0.4 is 5.32 Å². The second kappa shape index (κ2) is 7.11. The van der Waals surface area contributed by atoms with Gasteiger partial charge in [-0.2, -0.15) is 13.2 Å². The molecule has 19 heavy (non-hydrogen) atoms. The molecule has 0 saturated carbocycles. The minimum Gasteiger partial charge on any atom is -0.372 e. The number of carbonyl (C=O) groups excluding carboxylic acids is 1. The summed E-state index contributed by atoms with van der Waals surface area (Å²) in [5.74, 6) is -0.413. The SMILES string of the molecule is CSc1sc(NC(=O)CCOCC(F)(F)F)nc1C. The van der Waals surface area contributed by atoms with Gasteiger partial charge in [0, 0.05) is 0 Å². The molecule has 0 fully saturated rings. The fourth-order valence-corrected chi connectivity index (χ4v) is 2.79. The van der Waals surface area contributed by atoms with Crippen LogP contribution in [-0.4, -0.2) is 36.5 Å². The van der Waals surface area contributed by atoms with Gasteiger partial charge in [0.05, 0.1) is 22.9 Å². The van der Waals surface area contributed by atoms with Gasteiger partial charge in [-0.15, -0.1) is 11.8 Å². The van der Waals surface area contributed by atoms with Crippen molar-refractivity contribution < 1.29 is 22.7 Å². The Bertz CT molecular complexity index is 435. The Balaban J connectivity index is 2.31. The van der Waals surface area contributed by atoms with Crippen LogP contribution in [0.5, 0.6) is 0 Å². The van der Waals surface area contributed by atoms with E-state index in [9.17, 15) is 18.0 Å². The predicted octanol–water partition coefficient (Wildman–Crippen LogP) is 3.08. The van der Waals surface area contributed by atoms with E-state index in [-0.39, 0.29) is 13.0 Å². The quantitative estimate of drug-likeness (QED) is 0.647. The average molecular weight is 314 g/mol. The monoisotopic (exact) mass is 314 g/mol. The van der Waals surface area contributed by atoms with Gasteiger partial charge in [0.2, 0.25) is 5.91 Å². The molecular weight excluding hydrogens is 301 g/mol. The highest BCUT2D eigenvalue weighted by atomic mass is 32.2. The van der Waals surface area contributed by atoms with Crippen molar-refractivity contribution in [3.63, 3.8) is 0 Å². The molecule has 0 atom stereocenters. The highest BCUT2D eigenvalue weighted by Gasteiger charge is 2.27. The minimum atomic E-state index is -4.36. The number of nitrogens with zero attached hydrogens (tertiary/aromatic N) is 1. The Labute approximate surface area is 116 Å². The van der Waals surface area contributed by atoms with Gasteiger partial charge in [-0.3, -0.25) is 4.79 Å². The van der Waals surface area contributed by atoms with Crippen LogP contribution in [0.25, 0.3) is 0 Å². The maximum atomic E-state index is 11.8. The maximum Gasteiger partial charge on any atom is 0.411 e. The molecule has 0 radical (unpaired) electrons. The molecule has 9 heteroatoms. The molecule has 0 saturated heterocycles. The van der Waals surface area contributed by atoms with E-state index in [0.717, 1.165) is 9.90 Å². The molecule has 1 aromatic rings. The van der Waals surface area contributed by atoms with Crippen molar-refractivity contribution in [1.82, 2.24) is 4.98 Å². The number of amides is 1. The highest BCUT2D eigenvalue weighted by Crippen LogP contribution is 2.30. The number of rotatable bonds is 6. The number of ether oxygens (including phenoxy) is 1. The topological polar surface area (TPSA) is 51.2 Å². The molecule has 0 aromatic carbocycles. The largest absolute Gasteiger partial charge is 0.411 e. The predicted molar refractivity (Wildman–Crippen MR) is 68.8 cm³/mol. The number of anilines is 1. The fraction of sp³-hybridized carbons (Fsp3) is 0.600. The van der Waals surface area contributed by atoms with Crippen molar-refractivity contribution in [2.75, 3.05) is 24.8 Å². The zero-order valence-electron chi connectivity index (χ0n) is 10.3. The second-order valence-corrected chi connectivity index (χ2v) is 5.64. The number of hydrogen-bond acceptors (Lipinski definition) is 5.